The van der Waals surface area contributed by atoms with Crippen LogP contribution in [0.4, 0.5) is 13.2 Å². The molecule has 3 aromatic rings. The predicted molar refractivity (Wildman–Crippen MR) is 136 cm³/mol. The first-order chi connectivity index (χ1) is 15.1. The summed E-state index contributed by atoms with van der Waals surface area (Å²) in [5, 5.41) is 16.1. The lowest BCUT2D eigenvalue weighted by molar-refractivity contribution is -0.137. The van der Waals surface area contributed by atoms with E-state index in [0.29, 0.717) is 12.8 Å². The van der Waals surface area contributed by atoms with Gasteiger partial charge in [-0.1, -0.05) is 66.7 Å². The second kappa shape index (κ2) is 12.4. The van der Waals surface area contributed by atoms with Gasteiger partial charge in [0, 0.05) is 11.8 Å². The van der Waals surface area contributed by atoms with Crippen LogP contribution in [0.25, 0.3) is 0 Å². The topological polar surface area (TPSA) is 99.7 Å². The monoisotopic (exact) mass is 510 g/mol. The largest absolute Gasteiger partial charge is 0.416 e. The Morgan fingerprint density at radius 1 is 0.676 bits per heavy atom. The summed E-state index contributed by atoms with van der Waals surface area (Å²) in [4.78, 5) is 0. The summed E-state index contributed by atoms with van der Waals surface area (Å²) in [5.74, 6) is -1.91. The molecule has 0 saturated heterocycles. The van der Waals surface area contributed by atoms with E-state index in [1.807, 2.05) is 60.7 Å². The van der Waals surface area contributed by atoms with E-state index >= 15 is 0 Å². The molecule has 3 rings (SSSR count). The standard InChI is InChI=1S/C25H25F3N4.2ClH/c26-25(27,28)20-14-18(21(23(29)30)11-16-7-3-1-4-8-16)13-19(15-20)22(24(31)32)12-17-9-5-2-6-10-17;;/h1-10,13-15,21-22H,11-12H2,(H3,29,30)(H3,31,32);2*1H. The average molecular weight is 511 g/mol. The van der Waals surface area contributed by atoms with Gasteiger partial charge in [-0.15, -0.1) is 24.8 Å². The highest BCUT2D eigenvalue weighted by Gasteiger charge is 2.33. The van der Waals surface area contributed by atoms with Gasteiger partial charge in [0.05, 0.1) is 17.2 Å². The Labute approximate surface area is 209 Å². The van der Waals surface area contributed by atoms with Crippen molar-refractivity contribution in [2.24, 2.45) is 11.5 Å². The van der Waals surface area contributed by atoms with Crippen molar-refractivity contribution in [3.63, 3.8) is 0 Å². The van der Waals surface area contributed by atoms with Crippen LogP contribution in [0.15, 0.2) is 78.9 Å². The summed E-state index contributed by atoms with van der Waals surface area (Å²) in [6, 6.07) is 22.1. The lowest BCUT2D eigenvalue weighted by Crippen LogP contribution is -2.26. The van der Waals surface area contributed by atoms with E-state index in [9.17, 15) is 13.2 Å². The lowest BCUT2D eigenvalue weighted by Gasteiger charge is -2.23. The predicted octanol–water partition coefficient (Wildman–Crippen LogP) is 6.07. The van der Waals surface area contributed by atoms with Crippen LogP contribution in [0.3, 0.4) is 0 Å². The van der Waals surface area contributed by atoms with Gasteiger partial charge in [0.25, 0.3) is 0 Å². The minimum absolute atomic E-state index is 0. The van der Waals surface area contributed by atoms with Crippen LogP contribution < -0.4 is 11.5 Å². The van der Waals surface area contributed by atoms with Crippen molar-refractivity contribution >= 4 is 36.5 Å². The summed E-state index contributed by atoms with van der Waals surface area (Å²) in [7, 11) is 0. The molecule has 0 amide bonds. The average Bonchev–Trinajstić information content (AvgIpc) is 2.76. The molecule has 2 unspecified atom stereocenters. The number of hydrogen-bond acceptors (Lipinski definition) is 2. The Bertz CT molecular complexity index is 1010. The van der Waals surface area contributed by atoms with Crippen LogP contribution in [-0.2, 0) is 19.0 Å². The summed E-state index contributed by atoms with van der Waals surface area (Å²) in [6.07, 6.45) is -4.01. The SMILES string of the molecule is Cl.Cl.N=C(N)C(Cc1ccccc1)c1cc(C(Cc2ccccc2)C(=N)N)cc(C(F)(F)F)c1. The molecule has 0 saturated carbocycles. The molecule has 2 atom stereocenters. The first-order valence-corrected chi connectivity index (χ1v) is 10.1. The zero-order chi connectivity index (χ0) is 23.3. The van der Waals surface area contributed by atoms with Crippen molar-refractivity contribution in [2.75, 3.05) is 0 Å². The molecule has 0 heterocycles. The number of alkyl halides is 3. The Morgan fingerprint density at radius 3 is 1.32 bits per heavy atom. The maximum Gasteiger partial charge on any atom is 0.416 e. The minimum atomic E-state index is -4.59. The minimum Gasteiger partial charge on any atom is -0.387 e. The molecule has 9 heteroatoms. The zero-order valence-corrected chi connectivity index (χ0v) is 19.8. The molecule has 182 valence electrons. The first kappa shape index (κ1) is 29.0. The van der Waals surface area contributed by atoms with Gasteiger partial charge in [0.15, 0.2) is 0 Å². The normalized spacial score (nSPS) is 12.6. The highest BCUT2D eigenvalue weighted by atomic mass is 35.5. The number of amidine groups is 2. The number of halogens is 5. The third-order valence-corrected chi connectivity index (χ3v) is 5.43. The molecule has 0 spiro atoms. The van der Waals surface area contributed by atoms with Crippen molar-refractivity contribution < 1.29 is 13.2 Å². The van der Waals surface area contributed by atoms with E-state index in [1.54, 1.807) is 6.07 Å². The van der Waals surface area contributed by atoms with Crippen LogP contribution in [-0.4, -0.2) is 11.7 Å². The Morgan fingerprint density at radius 2 is 1.03 bits per heavy atom. The lowest BCUT2D eigenvalue weighted by atomic mass is 9.84. The second-order valence-corrected chi connectivity index (χ2v) is 7.78. The quantitative estimate of drug-likeness (QED) is 0.218. The number of hydrogen-bond donors (Lipinski definition) is 4. The Balaban J connectivity index is 0.00000289. The number of nitrogens with two attached hydrogens (primary N) is 2. The maximum atomic E-state index is 13.8. The zero-order valence-electron chi connectivity index (χ0n) is 18.2. The van der Waals surface area contributed by atoms with Gasteiger partial charge in [0.2, 0.25) is 0 Å². The van der Waals surface area contributed by atoms with Gasteiger partial charge in [-0.05, 0) is 47.2 Å². The van der Waals surface area contributed by atoms with Crippen LogP contribution in [0, 0.1) is 10.8 Å². The van der Waals surface area contributed by atoms with Gasteiger partial charge in [-0.3, -0.25) is 10.8 Å². The molecule has 0 bridgehead atoms. The van der Waals surface area contributed by atoms with Gasteiger partial charge in [0.1, 0.15) is 0 Å². The molecule has 6 N–H and O–H groups in total. The van der Waals surface area contributed by atoms with E-state index in [1.165, 1.54) is 0 Å². The van der Waals surface area contributed by atoms with E-state index in [4.69, 9.17) is 22.3 Å². The molecular weight excluding hydrogens is 484 g/mol. The van der Waals surface area contributed by atoms with Gasteiger partial charge >= 0.3 is 6.18 Å². The molecular formula is C25H27Cl2F3N4. The molecule has 0 aliphatic carbocycles. The Kier molecular flexibility index (Phi) is 10.6. The summed E-state index contributed by atoms with van der Waals surface area (Å²) in [5.41, 5.74) is 13.1. The highest BCUT2D eigenvalue weighted by molar-refractivity contribution is 5.87. The molecule has 0 aliphatic heterocycles. The fourth-order valence-electron chi connectivity index (χ4n) is 3.76. The van der Waals surface area contributed by atoms with Gasteiger partial charge in [-0.25, -0.2) is 0 Å². The van der Waals surface area contributed by atoms with Crippen molar-refractivity contribution in [1.82, 2.24) is 0 Å². The van der Waals surface area contributed by atoms with Gasteiger partial charge in [-0.2, -0.15) is 13.2 Å². The van der Waals surface area contributed by atoms with E-state index in [-0.39, 0.29) is 47.6 Å². The van der Waals surface area contributed by atoms with Crippen LogP contribution in [0.5, 0.6) is 0 Å². The van der Waals surface area contributed by atoms with E-state index in [0.717, 1.165) is 23.3 Å². The number of rotatable bonds is 8. The molecule has 4 nitrogen and oxygen atoms in total. The summed E-state index contributed by atoms with van der Waals surface area (Å²) < 4.78 is 41.3. The molecule has 0 radical (unpaired) electrons. The fourth-order valence-corrected chi connectivity index (χ4v) is 3.76. The van der Waals surface area contributed by atoms with Crippen molar-refractivity contribution in [3.05, 3.63) is 107 Å². The smallest absolute Gasteiger partial charge is 0.387 e. The van der Waals surface area contributed by atoms with Crippen molar-refractivity contribution in [3.8, 4) is 0 Å². The van der Waals surface area contributed by atoms with Crippen LogP contribution in [0.1, 0.15) is 39.7 Å². The summed E-state index contributed by atoms with van der Waals surface area (Å²) >= 11 is 0. The van der Waals surface area contributed by atoms with Crippen LogP contribution in [0.2, 0.25) is 0 Å². The molecule has 0 aliphatic rings. The number of benzene rings is 3. The third-order valence-electron chi connectivity index (χ3n) is 5.43. The third kappa shape index (κ3) is 7.50. The van der Waals surface area contributed by atoms with Crippen molar-refractivity contribution in [1.29, 1.82) is 10.8 Å². The van der Waals surface area contributed by atoms with Gasteiger partial charge < -0.3 is 11.5 Å². The first-order valence-electron chi connectivity index (χ1n) is 10.1. The fraction of sp³-hybridized carbons (Fsp3) is 0.200. The van der Waals surface area contributed by atoms with E-state index in [2.05, 4.69) is 0 Å². The van der Waals surface area contributed by atoms with Crippen molar-refractivity contribution in [2.45, 2.75) is 30.9 Å². The second-order valence-electron chi connectivity index (χ2n) is 7.78. The molecule has 3 aromatic carbocycles. The molecule has 34 heavy (non-hydrogen) atoms. The number of nitrogens with one attached hydrogen (secondary N) is 2. The molecule has 0 aromatic heterocycles. The molecule has 0 fully saturated rings. The highest BCUT2D eigenvalue weighted by Crippen LogP contribution is 2.36. The Hall–Kier alpha value is -3.03. The maximum absolute atomic E-state index is 13.8. The van der Waals surface area contributed by atoms with E-state index < -0.39 is 23.6 Å². The summed E-state index contributed by atoms with van der Waals surface area (Å²) in [6.45, 7) is 0. The van der Waals surface area contributed by atoms with Crippen LogP contribution >= 0.6 is 24.8 Å².